The highest BCUT2D eigenvalue weighted by molar-refractivity contribution is 7.89. The van der Waals surface area contributed by atoms with Crippen LogP contribution in [-0.4, -0.2) is 53.0 Å². The molecule has 32 heavy (non-hydrogen) atoms. The van der Waals surface area contributed by atoms with Crippen LogP contribution in [-0.2, 0) is 23.6 Å². The average Bonchev–Trinajstić information content (AvgIpc) is 3.12. The molecule has 1 saturated heterocycles. The fraction of sp³-hybridized carbons (Fsp3) is 0.391. The van der Waals surface area contributed by atoms with Crippen molar-refractivity contribution in [2.24, 2.45) is 13.0 Å². The third-order valence-corrected chi connectivity index (χ3v) is 8.24. The number of aliphatic hydroxyl groups excluding tert-OH is 1. The summed E-state index contributed by atoms with van der Waals surface area (Å²) in [7, 11) is -2.06. The van der Waals surface area contributed by atoms with Gasteiger partial charge in [0.2, 0.25) is 10.0 Å². The number of fused-ring (bicyclic) bond motifs is 1. The zero-order valence-corrected chi connectivity index (χ0v) is 19.1. The van der Waals surface area contributed by atoms with Crippen molar-refractivity contribution in [1.29, 1.82) is 0 Å². The van der Waals surface area contributed by atoms with Gasteiger partial charge in [-0.05, 0) is 49.4 Å². The van der Waals surface area contributed by atoms with Gasteiger partial charge in [0.15, 0.2) is 0 Å². The summed E-state index contributed by atoms with van der Waals surface area (Å²) in [6, 6.07) is 11.0. The molecule has 3 heterocycles. The minimum Gasteiger partial charge on any atom is -0.396 e. The second-order valence-electron chi connectivity index (χ2n) is 8.26. The van der Waals surface area contributed by atoms with Crippen LogP contribution in [0.2, 0.25) is 0 Å². The van der Waals surface area contributed by atoms with Crippen LogP contribution in [0.3, 0.4) is 0 Å². The quantitative estimate of drug-likeness (QED) is 0.592. The number of aliphatic hydroxyl groups is 1. The van der Waals surface area contributed by atoms with E-state index in [0.717, 1.165) is 22.9 Å². The van der Waals surface area contributed by atoms with Crippen LogP contribution < -0.4 is 5.32 Å². The summed E-state index contributed by atoms with van der Waals surface area (Å²) < 4.78 is 29.6. The van der Waals surface area contributed by atoms with Crippen LogP contribution in [0.5, 0.6) is 0 Å². The molecule has 1 amide bonds. The first-order valence-electron chi connectivity index (χ1n) is 10.7. The van der Waals surface area contributed by atoms with Crippen molar-refractivity contribution in [3.05, 3.63) is 59.5 Å². The molecule has 0 aliphatic carbocycles. The SMILES string of the molecule is Cc1c(S(=O)(=O)N2CCCC(CO)C2)cc(C(=O)NCc2cccc3ncccc23)n1C. The molecule has 1 aromatic carbocycles. The third kappa shape index (κ3) is 4.15. The maximum atomic E-state index is 13.3. The Balaban J connectivity index is 1.56. The lowest BCUT2D eigenvalue weighted by Gasteiger charge is -2.30. The smallest absolute Gasteiger partial charge is 0.268 e. The molecule has 8 nitrogen and oxygen atoms in total. The van der Waals surface area contributed by atoms with E-state index >= 15 is 0 Å². The number of amides is 1. The monoisotopic (exact) mass is 456 g/mol. The molecule has 2 N–H and O–H groups in total. The first-order chi connectivity index (χ1) is 15.3. The lowest BCUT2D eigenvalue weighted by atomic mass is 10.0. The van der Waals surface area contributed by atoms with E-state index in [0.29, 0.717) is 31.7 Å². The van der Waals surface area contributed by atoms with Gasteiger partial charge in [-0.25, -0.2) is 8.42 Å². The molecule has 1 aliphatic heterocycles. The van der Waals surface area contributed by atoms with Crippen molar-refractivity contribution in [3.63, 3.8) is 0 Å². The van der Waals surface area contributed by atoms with Crippen molar-refractivity contribution in [2.45, 2.75) is 31.2 Å². The number of nitrogens with one attached hydrogen (secondary N) is 1. The molecule has 0 bridgehead atoms. The predicted molar refractivity (Wildman–Crippen MR) is 122 cm³/mol. The van der Waals surface area contributed by atoms with Gasteiger partial charge in [0.25, 0.3) is 5.91 Å². The summed E-state index contributed by atoms with van der Waals surface area (Å²) in [4.78, 5) is 17.4. The molecule has 0 saturated carbocycles. The van der Waals surface area contributed by atoms with E-state index in [2.05, 4.69) is 10.3 Å². The van der Waals surface area contributed by atoms with Crippen LogP contribution in [0.4, 0.5) is 0 Å². The van der Waals surface area contributed by atoms with E-state index in [1.807, 2.05) is 30.3 Å². The molecule has 2 aromatic heterocycles. The molecule has 170 valence electrons. The van der Waals surface area contributed by atoms with Crippen LogP contribution in [0.15, 0.2) is 47.5 Å². The van der Waals surface area contributed by atoms with Crippen LogP contribution in [0.25, 0.3) is 10.9 Å². The van der Waals surface area contributed by atoms with Gasteiger partial charge in [0, 0.05) is 50.6 Å². The normalized spacial score (nSPS) is 17.5. The van der Waals surface area contributed by atoms with Crippen LogP contribution in [0.1, 0.15) is 34.6 Å². The third-order valence-electron chi connectivity index (χ3n) is 6.25. The van der Waals surface area contributed by atoms with E-state index in [1.165, 1.54) is 10.4 Å². The number of hydrogen-bond donors (Lipinski definition) is 2. The Bertz CT molecular complexity index is 1250. The molecular weight excluding hydrogens is 428 g/mol. The maximum Gasteiger partial charge on any atom is 0.268 e. The number of hydrogen-bond acceptors (Lipinski definition) is 5. The van der Waals surface area contributed by atoms with Gasteiger partial charge >= 0.3 is 0 Å². The molecule has 1 fully saturated rings. The average molecular weight is 457 g/mol. The molecule has 3 aromatic rings. The Labute approximate surface area is 187 Å². The highest BCUT2D eigenvalue weighted by Gasteiger charge is 2.33. The van der Waals surface area contributed by atoms with Gasteiger partial charge in [0.1, 0.15) is 10.6 Å². The van der Waals surface area contributed by atoms with E-state index < -0.39 is 10.0 Å². The molecule has 0 radical (unpaired) electrons. The topological polar surface area (TPSA) is 105 Å². The first kappa shape index (κ1) is 22.4. The van der Waals surface area contributed by atoms with Crippen molar-refractivity contribution in [3.8, 4) is 0 Å². The number of pyridine rings is 1. The summed E-state index contributed by atoms with van der Waals surface area (Å²) in [5.74, 6) is -0.398. The number of sulfonamides is 1. The predicted octanol–water partition coefficient (Wildman–Crippen LogP) is 2.20. The summed E-state index contributed by atoms with van der Waals surface area (Å²) in [5.41, 5.74) is 2.59. The van der Waals surface area contributed by atoms with Gasteiger partial charge in [-0.3, -0.25) is 9.78 Å². The molecule has 1 aliphatic rings. The molecular formula is C23H28N4O4S. The molecule has 1 atom stereocenters. The summed E-state index contributed by atoms with van der Waals surface area (Å²) >= 11 is 0. The Morgan fingerprint density at radius 1 is 1.28 bits per heavy atom. The summed E-state index contributed by atoms with van der Waals surface area (Å²) in [5, 5.41) is 13.3. The lowest BCUT2D eigenvalue weighted by Crippen LogP contribution is -2.41. The van der Waals surface area contributed by atoms with Gasteiger partial charge in [-0.1, -0.05) is 18.2 Å². The Hall–Kier alpha value is -2.75. The number of carbonyl (C=O) groups is 1. The van der Waals surface area contributed by atoms with E-state index in [-0.39, 0.29) is 29.0 Å². The second-order valence-corrected chi connectivity index (χ2v) is 10.2. The summed E-state index contributed by atoms with van der Waals surface area (Å²) in [6.45, 7) is 2.69. The zero-order valence-electron chi connectivity index (χ0n) is 18.3. The molecule has 0 spiro atoms. The number of rotatable bonds is 6. The highest BCUT2D eigenvalue weighted by Crippen LogP contribution is 2.27. The fourth-order valence-electron chi connectivity index (χ4n) is 4.27. The number of nitrogens with zero attached hydrogens (tertiary/aromatic N) is 3. The van der Waals surface area contributed by atoms with Crippen molar-refractivity contribution in [2.75, 3.05) is 19.7 Å². The van der Waals surface area contributed by atoms with Crippen LogP contribution in [0, 0.1) is 12.8 Å². The van der Waals surface area contributed by atoms with Crippen molar-refractivity contribution in [1.82, 2.24) is 19.2 Å². The maximum absolute atomic E-state index is 13.3. The van der Waals surface area contributed by atoms with E-state index in [9.17, 15) is 18.3 Å². The number of carbonyl (C=O) groups excluding carboxylic acids is 1. The minimum atomic E-state index is -3.75. The Morgan fingerprint density at radius 3 is 2.88 bits per heavy atom. The Kier molecular flexibility index (Phi) is 6.32. The zero-order chi connectivity index (χ0) is 22.9. The van der Waals surface area contributed by atoms with Gasteiger partial charge in [0.05, 0.1) is 5.52 Å². The molecule has 4 rings (SSSR count). The number of benzene rings is 1. The van der Waals surface area contributed by atoms with Crippen molar-refractivity contribution >= 4 is 26.8 Å². The second kappa shape index (κ2) is 9.01. The van der Waals surface area contributed by atoms with Gasteiger partial charge in [-0.15, -0.1) is 0 Å². The summed E-state index contributed by atoms with van der Waals surface area (Å²) in [6.07, 6.45) is 3.25. The van der Waals surface area contributed by atoms with Crippen molar-refractivity contribution < 1.29 is 18.3 Å². The standard InChI is InChI=1S/C23H28N4O4S/c1-16-22(32(30,31)27-11-5-6-17(14-27)15-28)12-21(26(16)2)23(29)25-13-18-7-3-9-20-19(18)8-4-10-24-20/h3-4,7-10,12,17,28H,5-6,11,13-15H2,1-2H3,(H,25,29). The van der Waals surface area contributed by atoms with Crippen LogP contribution >= 0.6 is 0 Å². The van der Waals surface area contributed by atoms with Gasteiger partial charge < -0.3 is 15.0 Å². The fourth-order valence-corrected chi connectivity index (χ4v) is 6.10. The number of aromatic nitrogens is 2. The lowest BCUT2D eigenvalue weighted by molar-refractivity contribution is 0.0942. The first-order valence-corrected chi connectivity index (χ1v) is 12.1. The Morgan fingerprint density at radius 2 is 2.09 bits per heavy atom. The molecule has 1 unspecified atom stereocenters. The number of piperidine rings is 1. The van der Waals surface area contributed by atoms with E-state index in [4.69, 9.17) is 0 Å². The van der Waals surface area contributed by atoms with E-state index in [1.54, 1.807) is 24.7 Å². The highest BCUT2D eigenvalue weighted by atomic mass is 32.2. The molecule has 9 heteroatoms. The van der Waals surface area contributed by atoms with Gasteiger partial charge in [-0.2, -0.15) is 4.31 Å². The largest absolute Gasteiger partial charge is 0.396 e. The minimum absolute atomic E-state index is 0.0306.